The first-order valence-corrected chi connectivity index (χ1v) is 10.1. The number of pyridine rings is 2. The normalized spacial score (nSPS) is 15.4. The van der Waals surface area contributed by atoms with Crippen LogP contribution in [0.5, 0.6) is 5.88 Å². The second-order valence-corrected chi connectivity index (χ2v) is 7.53. The van der Waals surface area contributed by atoms with Crippen LogP contribution in [0.4, 0.5) is 14.8 Å². The minimum absolute atomic E-state index is 0.167. The summed E-state index contributed by atoms with van der Waals surface area (Å²) in [6.07, 6.45) is -0.316. The zero-order valence-corrected chi connectivity index (χ0v) is 17.5. The van der Waals surface area contributed by atoms with Gasteiger partial charge in [-0.25, -0.2) is 18.7 Å². The van der Waals surface area contributed by atoms with Gasteiger partial charge in [-0.05, 0) is 25.1 Å². The zero-order valence-electron chi connectivity index (χ0n) is 16.7. The van der Waals surface area contributed by atoms with Gasteiger partial charge >= 0.3 is 0 Å². The summed E-state index contributed by atoms with van der Waals surface area (Å²) in [6.45, 7) is 2.20. The van der Waals surface area contributed by atoms with Gasteiger partial charge in [0.05, 0.1) is 5.56 Å². The molecular formula is C20H20ClF2N5O3. The van der Waals surface area contributed by atoms with E-state index in [1.165, 1.54) is 6.20 Å². The number of amides is 1. The van der Waals surface area contributed by atoms with Crippen LogP contribution >= 0.6 is 11.6 Å². The third-order valence-corrected chi connectivity index (χ3v) is 5.10. The smallest absolute Gasteiger partial charge is 0.300 e. The maximum atomic E-state index is 13.0. The molecule has 1 saturated heterocycles. The van der Waals surface area contributed by atoms with Crippen molar-refractivity contribution >= 4 is 34.8 Å². The van der Waals surface area contributed by atoms with Gasteiger partial charge in [-0.2, -0.15) is 4.98 Å². The molecule has 3 aromatic rings. The van der Waals surface area contributed by atoms with Crippen molar-refractivity contribution in [3.05, 3.63) is 40.7 Å². The van der Waals surface area contributed by atoms with Crippen LogP contribution in [0.25, 0.3) is 11.2 Å². The average Bonchev–Trinajstić information content (AvgIpc) is 3.20. The highest BCUT2D eigenvalue weighted by Gasteiger charge is 2.25. The summed E-state index contributed by atoms with van der Waals surface area (Å²) in [5.74, 6) is 0.0158. The number of ether oxygens (including phenoxy) is 1. The number of rotatable bonds is 6. The Bertz CT molecular complexity index is 1090. The summed E-state index contributed by atoms with van der Waals surface area (Å²) in [5.41, 5.74) is 1.97. The van der Waals surface area contributed by atoms with Crippen LogP contribution in [-0.4, -0.2) is 71.4 Å². The Kier molecular flexibility index (Phi) is 6.17. The maximum Gasteiger partial charge on any atom is 0.300 e. The number of fused-ring (bicyclic) bond motifs is 1. The molecule has 164 valence electrons. The number of aromatic nitrogens is 3. The molecule has 0 radical (unpaired) electrons. The monoisotopic (exact) mass is 451 g/mol. The van der Waals surface area contributed by atoms with Gasteiger partial charge in [0.1, 0.15) is 18.4 Å². The van der Waals surface area contributed by atoms with Crippen molar-refractivity contribution < 1.29 is 22.7 Å². The number of hydrogen-bond donors (Lipinski definition) is 0. The minimum Gasteiger partial charge on any atom is -0.474 e. The molecule has 1 atom stereocenters. The lowest BCUT2D eigenvalue weighted by molar-refractivity contribution is 0.0744. The van der Waals surface area contributed by atoms with Crippen LogP contribution in [-0.2, 0) is 0 Å². The number of carbonyl (C=O) groups is 1. The number of halogens is 3. The van der Waals surface area contributed by atoms with E-state index in [1.54, 1.807) is 30.0 Å². The van der Waals surface area contributed by atoms with E-state index >= 15 is 0 Å². The molecule has 0 spiro atoms. The molecule has 1 aliphatic rings. The highest BCUT2D eigenvalue weighted by Crippen LogP contribution is 2.24. The van der Waals surface area contributed by atoms with Gasteiger partial charge in [0, 0.05) is 37.9 Å². The number of hydrogen-bond acceptors (Lipinski definition) is 7. The fourth-order valence-corrected chi connectivity index (χ4v) is 3.39. The van der Waals surface area contributed by atoms with E-state index in [9.17, 15) is 13.6 Å². The summed E-state index contributed by atoms with van der Waals surface area (Å²) < 4.78 is 36.2. The Balaban J connectivity index is 1.38. The average molecular weight is 452 g/mol. The van der Waals surface area contributed by atoms with Crippen LogP contribution in [0.3, 0.4) is 0 Å². The molecule has 0 aromatic carbocycles. The molecular weight excluding hydrogens is 432 g/mol. The first-order valence-electron chi connectivity index (χ1n) is 9.71. The molecule has 1 fully saturated rings. The largest absolute Gasteiger partial charge is 0.474 e. The first kappa shape index (κ1) is 21.2. The molecule has 0 aliphatic carbocycles. The molecule has 4 rings (SSSR count). The van der Waals surface area contributed by atoms with Crippen LogP contribution in [0.15, 0.2) is 28.8 Å². The fourth-order valence-electron chi connectivity index (χ4n) is 3.25. The summed E-state index contributed by atoms with van der Waals surface area (Å²) in [5, 5.41) is 0.343. The minimum atomic E-state index is -1.70. The zero-order chi connectivity index (χ0) is 22.0. The van der Waals surface area contributed by atoms with Gasteiger partial charge < -0.3 is 19.0 Å². The molecule has 1 aliphatic heterocycles. The predicted octanol–water partition coefficient (Wildman–Crippen LogP) is 3.23. The third-order valence-electron chi connectivity index (χ3n) is 4.89. The molecule has 4 heterocycles. The lowest BCUT2D eigenvalue weighted by atomic mass is 10.1. The molecule has 3 aromatic heterocycles. The van der Waals surface area contributed by atoms with Crippen molar-refractivity contribution in [2.75, 3.05) is 44.4 Å². The Morgan fingerprint density at radius 1 is 1.29 bits per heavy atom. The molecule has 8 nitrogen and oxygen atoms in total. The van der Waals surface area contributed by atoms with Crippen LogP contribution < -0.4 is 9.64 Å². The summed E-state index contributed by atoms with van der Waals surface area (Å²) in [6, 6.07) is 5.43. The number of piperazine rings is 1. The first-order chi connectivity index (χ1) is 14.9. The second kappa shape index (κ2) is 9.01. The summed E-state index contributed by atoms with van der Waals surface area (Å²) in [4.78, 5) is 29.1. The van der Waals surface area contributed by atoms with E-state index < -0.39 is 19.5 Å². The number of alkyl halides is 2. The Morgan fingerprint density at radius 3 is 2.77 bits per heavy atom. The highest BCUT2D eigenvalue weighted by molar-refractivity contribution is 6.29. The van der Waals surface area contributed by atoms with Crippen molar-refractivity contribution in [3.8, 4) is 5.88 Å². The molecule has 0 N–H and O–H groups in total. The van der Waals surface area contributed by atoms with Crippen LogP contribution in [0.1, 0.15) is 15.9 Å². The summed E-state index contributed by atoms with van der Waals surface area (Å²) >= 11 is 5.89. The van der Waals surface area contributed by atoms with E-state index in [2.05, 4.69) is 15.0 Å². The Hall–Kier alpha value is -3.01. The SMILES string of the molecule is Cc1cc(C(=O)N2CCN(c3nc4nc(Cl)ccc4o3)CC2)cnc1OCC(F)CF. The van der Waals surface area contributed by atoms with Crippen LogP contribution in [0.2, 0.25) is 5.15 Å². The molecule has 1 amide bonds. The van der Waals surface area contributed by atoms with Crippen molar-refractivity contribution in [3.63, 3.8) is 0 Å². The molecule has 31 heavy (non-hydrogen) atoms. The lowest BCUT2D eigenvalue weighted by Gasteiger charge is -2.33. The van der Waals surface area contributed by atoms with Crippen molar-refractivity contribution in [1.29, 1.82) is 0 Å². The molecule has 0 saturated carbocycles. The van der Waals surface area contributed by atoms with Crippen LogP contribution in [0, 0.1) is 6.92 Å². The number of nitrogens with zero attached hydrogens (tertiary/aromatic N) is 5. The number of aryl methyl sites for hydroxylation is 1. The van der Waals surface area contributed by atoms with Gasteiger partial charge in [0.2, 0.25) is 11.5 Å². The van der Waals surface area contributed by atoms with Gasteiger partial charge in [0.15, 0.2) is 11.8 Å². The quantitative estimate of drug-likeness (QED) is 0.532. The van der Waals surface area contributed by atoms with Gasteiger partial charge in [-0.15, -0.1) is 0 Å². The predicted molar refractivity (Wildman–Crippen MR) is 110 cm³/mol. The molecule has 11 heteroatoms. The maximum absolute atomic E-state index is 13.0. The van der Waals surface area contributed by atoms with E-state index in [-0.39, 0.29) is 11.8 Å². The number of anilines is 1. The third kappa shape index (κ3) is 4.68. The molecule has 0 bridgehead atoms. The van der Waals surface area contributed by atoms with E-state index in [0.717, 1.165) is 0 Å². The van der Waals surface area contributed by atoms with Crippen molar-refractivity contribution in [2.45, 2.75) is 13.1 Å². The van der Waals surface area contributed by atoms with E-state index in [0.29, 0.717) is 59.7 Å². The highest BCUT2D eigenvalue weighted by atomic mass is 35.5. The van der Waals surface area contributed by atoms with E-state index in [4.69, 9.17) is 20.8 Å². The second-order valence-electron chi connectivity index (χ2n) is 7.14. The Labute approximate surface area is 181 Å². The fraction of sp³-hybridized carbons (Fsp3) is 0.400. The lowest BCUT2D eigenvalue weighted by Crippen LogP contribution is -2.49. The van der Waals surface area contributed by atoms with E-state index in [1.807, 2.05) is 4.90 Å². The van der Waals surface area contributed by atoms with Crippen molar-refractivity contribution in [2.24, 2.45) is 0 Å². The topological polar surface area (TPSA) is 84.6 Å². The van der Waals surface area contributed by atoms with Gasteiger partial charge in [-0.1, -0.05) is 11.6 Å². The van der Waals surface area contributed by atoms with Gasteiger partial charge in [0.25, 0.3) is 11.9 Å². The van der Waals surface area contributed by atoms with Crippen molar-refractivity contribution in [1.82, 2.24) is 19.9 Å². The summed E-state index contributed by atoms with van der Waals surface area (Å²) in [7, 11) is 0. The number of oxazole rings is 1. The number of carbonyl (C=O) groups excluding carboxylic acids is 1. The molecule has 1 unspecified atom stereocenters. The Morgan fingerprint density at radius 2 is 2.06 bits per heavy atom. The standard InChI is InChI=1S/C20H20ClF2N5O3/c1-12-8-13(10-24-18(12)30-11-14(23)9-22)19(29)27-4-6-28(7-5-27)20-26-17-15(31-20)2-3-16(21)25-17/h2-3,8,10,14H,4-7,9,11H2,1H3. The van der Waals surface area contributed by atoms with Gasteiger partial charge in [-0.3, -0.25) is 4.79 Å².